The van der Waals surface area contributed by atoms with Crippen molar-refractivity contribution in [2.24, 2.45) is 0 Å². The zero-order valence-electron chi connectivity index (χ0n) is 11.2. The molecule has 1 aromatic heterocycles. The molecule has 2 rings (SSSR count). The molecule has 0 saturated heterocycles. The van der Waals surface area contributed by atoms with E-state index in [9.17, 15) is 0 Å². The number of nitrogens with one attached hydrogen (secondary N) is 2. The molecule has 17 heavy (non-hydrogen) atoms. The van der Waals surface area contributed by atoms with Crippen LogP contribution in [-0.2, 0) is 4.79 Å². The van der Waals surface area contributed by atoms with Crippen molar-refractivity contribution >= 4 is 23.3 Å². The van der Waals surface area contributed by atoms with Crippen molar-refractivity contribution in [3.63, 3.8) is 0 Å². The molecule has 0 spiro atoms. The van der Waals surface area contributed by atoms with E-state index in [4.69, 9.17) is 4.79 Å². The summed E-state index contributed by atoms with van der Waals surface area (Å²) in [5.41, 5.74) is 3.33. The maximum atomic E-state index is 8.81. The van der Waals surface area contributed by atoms with Gasteiger partial charge in [-0.3, -0.25) is 0 Å². The van der Waals surface area contributed by atoms with Crippen molar-refractivity contribution in [2.75, 3.05) is 12.4 Å². The lowest BCUT2D eigenvalue weighted by molar-refractivity contribution is -0.106. The fourth-order valence-corrected chi connectivity index (χ4v) is 1.24. The molecular weight excluding hydrogens is 214 g/mol. The molecule has 0 radical (unpaired) electrons. The van der Waals surface area contributed by atoms with Crippen LogP contribution in [-0.4, -0.2) is 23.3 Å². The Kier molecular flexibility index (Phi) is 7.43. The number of imidazole rings is 1. The predicted octanol–water partition coefficient (Wildman–Crippen LogP) is 3.14. The smallest absolute Gasteiger partial charge is 0.200 e. The SMILES string of the molecule is CC.CC=O.CNc1nc2ccc(C)cc2[nH]1. The minimum absolute atomic E-state index is 0.750. The van der Waals surface area contributed by atoms with E-state index in [1.165, 1.54) is 12.5 Å². The Morgan fingerprint density at radius 3 is 2.47 bits per heavy atom. The van der Waals surface area contributed by atoms with Gasteiger partial charge in [0.25, 0.3) is 0 Å². The van der Waals surface area contributed by atoms with E-state index in [0.717, 1.165) is 23.3 Å². The molecule has 1 heterocycles. The van der Waals surface area contributed by atoms with E-state index in [1.54, 1.807) is 0 Å². The number of rotatable bonds is 1. The van der Waals surface area contributed by atoms with Crippen molar-refractivity contribution in [1.29, 1.82) is 0 Å². The number of carbonyl (C=O) groups excluding carboxylic acids is 1. The van der Waals surface area contributed by atoms with E-state index in [2.05, 4.69) is 34.3 Å². The fraction of sp³-hybridized carbons (Fsp3) is 0.385. The monoisotopic (exact) mass is 235 g/mol. The summed E-state index contributed by atoms with van der Waals surface area (Å²) in [5, 5.41) is 2.97. The number of aromatic nitrogens is 2. The lowest BCUT2D eigenvalue weighted by Gasteiger charge is -1.89. The molecule has 4 nitrogen and oxygen atoms in total. The Hall–Kier alpha value is -1.84. The van der Waals surface area contributed by atoms with Gasteiger partial charge in [-0.25, -0.2) is 4.98 Å². The van der Waals surface area contributed by atoms with Gasteiger partial charge in [-0.1, -0.05) is 19.9 Å². The number of benzene rings is 1. The van der Waals surface area contributed by atoms with Crippen LogP contribution in [0.15, 0.2) is 18.2 Å². The van der Waals surface area contributed by atoms with Crippen LogP contribution in [0.25, 0.3) is 11.0 Å². The van der Waals surface area contributed by atoms with Crippen LogP contribution in [0.2, 0.25) is 0 Å². The summed E-state index contributed by atoms with van der Waals surface area (Å²) in [6.07, 6.45) is 0.750. The van der Waals surface area contributed by atoms with Crippen LogP contribution < -0.4 is 5.32 Å². The number of carbonyl (C=O) groups is 1. The minimum Gasteiger partial charge on any atom is -0.359 e. The van der Waals surface area contributed by atoms with E-state index < -0.39 is 0 Å². The number of nitrogens with zero attached hydrogens (tertiary/aromatic N) is 1. The van der Waals surface area contributed by atoms with Gasteiger partial charge in [0.15, 0.2) is 0 Å². The quantitative estimate of drug-likeness (QED) is 0.746. The third kappa shape index (κ3) is 4.68. The lowest BCUT2D eigenvalue weighted by atomic mass is 10.2. The molecule has 0 atom stereocenters. The second kappa shape index (κ2) is 8.33. The first kappa shape index (κ1) is 15.2. The van der Waals surface area contributed by atoms with Gasteiger partial charge in [0.05, 0.1) is 11.0 Å². The largest absolute Gasteiger partial charge is 0.359 e. The molecule has 2 N–H and O–H groups in total. The van der Waals surface area contributed by atoms with Crippen LogP contribution >= 0.6 is 0 Å². The summed E-state index contributed by atoms with van der Waals surface area (Å²) in [4.78, 5) is 16.3. The average Bonchev–Trinajstić information content (AvgIpc) is 2.74. The highest BCUT2D eigenvalue weighted by molar-refractivity contribution is 5.78. The number of hydrogen-bond donors (Lipinski definition) is 2. The zero-order chi connectivity index (χ0) is 13.3. The van der Waals surface area contributed by atoms with Gasteiger partial charge >= 0.3 is 0 Å². The second-order valence-electron chi connectivity index (χ2n) is 3.09. The summed E-state index contributed by atoms with van der Waals surface area (Å²) >= 11 is 0. The second-order valence-corrected chi connectivity index (χ2v) is 3.09. The van der Waals surface area contributed by atoms with Gasteiger partial charge in [0.2, 0.25) is 5.95 Å². The molecule has 1 aromatic carbocycles. The first-order chi connectivity index (χ1) is 8.21. The van der Waals surface area contributed by atoms with Crippen molar-refractivity contribution in [1.82, 2.24) is 9.97 Å². The predicted molar refractivity (Wildman–Crippen MR) is 73.5 cm³/mol. The topological polar surface area (TPSA) is 57.8 Å². The number of anilines is 1. The third-order valence-corrected chi connectivity index (χ3v) is 1.87. The molecule has 0 unspecified atom stereocenters. The number of hydrogen-bond acceptors (Lipinski definition) is 3. The van der Waals surface area contributed by atoms with Gasteiger partial charge < -0.3 is 15.1 Å². The normalized spacial score (nSPS) is 8.53. The number of aldehydes is 1. The van der Waals surface area contributed by atoms with Gasteiger partial charge in [0.1, 0.15) is 6.29 Å². The van der Waals surface area contributed by atoms with Crippen LogP contribution in [0.1, 0.15) is 26.3 Å². The van der Waals surface area contributed by atoms with Crippen LogP contribution in [0.5, 0.6) is 0 Å². The maximum absolute atomic E-state index is 8.81. The Morgan fingerprint density at radius 1 is 1.35 bits per heavy atom. The standard InChI is InChI=1S/C9H11N3.C2H4O.C2H6/c1-6-3-4-7-8(5-6)12-9(10-2)11-7;1-2-3;1-2/h3-5H,1-2H3,(H2,10,11,12);2H,1H3;1-2H3. The first-order valence-electron chi connectivity index (χ1n) is 5.75. The Balaban J connectivity index is 0.000000450. The first-order valence-corrected chi connectivity index (χ1v) is 5.75. The van der Waals surface area contributed by atoms with Crippen molar-refractivity contribution in [2.45, 2.75) is 27.7 Å². The minimum atomic E-state index is 0.750. The van der Waals surface area contributed by atoms with Gasteiger partial charge in [0, 0.05) is 7.05 Å². The maximum Gasteiger partial charge on any atom is 0.200 e. The Morgan fingerprint density at radius 2 is 1.94 bits per heavy atom. The molecule has 0 aliphatic heterocycles. The molecule has 0 saturated carbocycles. The molecule has 2 aromatic rings. The molecule has 0 aliphatic carbocycles. The highest BCUT2D eigenvalue weighted by atomic mass is 16.1. The molecule has 0 fully saturated rings. The van der Waals surface area contributed by atoms with E-state index in [0.29, 0.717) is 0 Å². The summed E-state index contributed by atoms with van der Waals surface area (Å²) in [6, 6.07) is 6.16. The molecule has 4 heteroatoms. The number of fused-ring (bicyclic) bond motifs is 1. The highest BCUT2D eigenvalue weighted by Crippen LogP contribution is 2.14. The van der Waals surface area contributed by atoms with E-state index >= 15 is 0 Å². The summed E-state index contributed by atoms with van der Waals surface area (Å²) in [7, 11) is 1.85. The fourth-order valence-electron chi connectivity index (χ4n) is 1.24. The van der Waals surface area contributed by atoms with Crippen LogP contribution in [0, 0.1) is 6.92 Å². The van der Waals surface area contributed by atoms with Gasteiger partial charge in [-0.15, -0.1) is 0 Å². The highest BCUT2D eigenvalue weighted by Gasteiger charge is 1.99. The van der Waals surface area contributed by atoms with Gasteiger partial charge in [-0.2, -0.15) is 0 Å². The number of aromatic amines is 1. The summed E-state index contributed by atoms with van der Waals surface area (Å²) in [6.45, 7) is 7.51. The average molecular weight is 235 g/mol. The summed E-state index contributed by atoms with van der Waals surface area (Å²) < 4.78 is 0. The van der Waals surface area contributed by atoms with Crippen molar-refractivity contribution < 1.29 is 4.79 Å². The lowest BCUT2D eigenvalue weighted by Crippen LogP contribution is -1.88. The zero-order valence-corrected chi connectivity index (χ0v) is 11.2. The molecule has 94 valence electrons. The third-order valence-electron chi connectivity index (χ3n) is 1.87. The van der Waals surface area contributed by atoms with E-state index in [1.807, 2.05) is 27.0 Å². The summed E-state index contributed by atoms with van der Waals surface area (Å²) in [5.74, 6) is 0.815. The number of aryl methyl sites for hydroxylation is 1. The Labute approximate surface area is 102 Å². The van der Waals surface area contributed by atoms with Crippen molar-refractivity contribution in [3.8, 4) is 0 Å². The molecule has 0 amide bonds. The van der Waals surface area contributed by atoms with Crippen molar-refractivity contribution in [3.05, 3.63) is 23.8 Å². The molecular formula is C13H21N3O. The van der Waals surface area contributed by atoms with Crippen LogP contribution in [0.4, 0.5) is 5.95 Å². The molecule has 0 bridgehead atoms. The van der Waals surface area contributed by atoms with Gasteiger partial charge in [-0.05, 0) is 31.5 Å². The number of H-pyrrole nitrogens is 1. The Bertz CT molecular complexity index is 449. The van der Waals surface area contributed by atoms with Crippen LogP contribution in [0.3, 0.4) is 0 Å². The van der Waals surface area contributed by atoms with E-state index in [-0.39, 0.29) is 0 Å². The molecule has 0 aliphatic rings.